The number of amides is 3. The lowest BCUT2D eigenvalue weighted by atomic mass is 10.1. The number of pyridine rings is 1. The summed E-state index contributed by atoms with van der Waals surface area (Å²) in [5.74, 6) is -1.71. The van der Waals surface area contributed by atoms with Gasteiger partial charge in [-0.1, -0.05) is 53.0 Å². The zero-order valence-corrected chi connectivity index (χ0v) is 27.8. The van der Waals surface area contributed by atoms with Crippen LogP contribution in [-0.4, -0.2) is 57.2 Å². The number of nitrogens with one attached hydrogen (secondary N) is 3. The maximum Gasteiger partial charge on any atom is 0.303 e. The fourth-order valence-electron chi connectivity index (χ4n) is 4.02. The molecule has 0 radical (unpaired) electrons. The van der Waals surface area contributed by atoms with Crippen LogP contribution in [0.2, 0.25) is 10.0 Å². The number of aromatic nitrogens is 3. The highest BCUT2D eigenvalue weighted by Crippen LogP contribution is 2.27. The molecular formula is C31H31BrCl2N6O5. The second-order valence-corrected chi connectivity index (χ2v) is 11.4. The number of carboxylic acids is 1. The van der Waals surface area contributed by atoms with Gasteiger partial charge in [-0.05, 0) is 71.6 Å². The van der Waals surface area contributed by atoms with Gasteiger partial charge in [0.25, 0.3) is 11.8 Å². The average Bonchev–Trinajstić information content (AvgIpc) is 3.39. The first-order valence-electron chi connectivity index (χ1n) is 13.6. The predicted molar refractivity (Wildman–Crippen MR) is 176 cm³/mol. The van der Waals surface area contributed by atoms with E-state index >= 15 is 0 Å². The van der Waals surface area contributed by atoms with E-state index in [1.807, 2.05) is 31.2 Å². The molecule has 0 atom stereocenters. The molecule has 14 heteroatoms. The van der Waals surface area contributed by atoms with E-state index in [0.717, 1.165) is 12.0 Å². The number of carbonyl (C=O) groups is 4. The monoisotopic (exact) mass is 716 g/mol. The highest BCUT2D eigenvalue weighted by molar-refractivity contribution is 9.10. The van der Waals surface area contributed by atoms with Crippen LogP contribution >= 0.6 is 39.1 Å². The van der Waals surface area contributed by atoms with E-state index in [2.05, 4.69) is 42.0 Å². The van der Waals surface area contributed by atoms with Crippen LogP contribution in [0, 0.1) is 13.8 Å². The van der Waals surface area contributed by atoms with Crippen molar-refractivity contribution in [2.24, 2.45) is 0 Å². The molecule has 45 heavy (non-hydrogen) atoms. The molecule has 4 N–H and O–H groups in total. The highest BCUT2D eigenvalue weighted by atomic mass is 79.9. The minimum Gasteiger partial charge on any atom is -0.481 e. The number of halogens is 3. The van der Waals surface area contributed by atoms with Crippen LogP contribution in [-0.2, 0) is 16.0 Å². The summed E-state index contributed by atoms with van der Waals surface area (Å²) in [7, 11) is 1.50. The van der Waals surface area contributed by atoms with Crippen molar-refractivity contribution in [3.8, 4) is 5.82 Å². The Morgan fingerprint density at radius 3 is 2.33 bits per heavy atom. The second-order valence-electron chi connectivity index (χ2n) is 9.73. The van der Waals surface area contributed by atoms with Gasteiger partial charge in [0.15, 0.2) is 5.82 Å². The van der Waals surface area contributed by atoms with Gasteiger partial charge in [0.05, 0.1) is 22.7 Å². The molecule has 0 bridgehead atoms. The van der Waals surface area contributed by atoms with E-state index < -0.39 is 11.9 Å². The Balaban J connectivity index is 0.000000279. The fourth-order valence-corrected chi connectivity index (χ4v) is 4.87. The third-order valence-corrected chi connectivity index (χ3v) is 7.19. The lowest BCUT2D eigenvalue weighted by molar-refractivity contribution is -0.138. The number of aliphatic carboxylic acids is 1. The third kappa shape index (κ3) is 10.4. The van der Waals surface area contributed by atoms with Crippen molar-refractivity contribution in [2.45, 2.75) is 33.1 Å². The van der Waals surface area contributed by atoms with E-state index in [9.17, 15) is 19.2 Å². The SMILES string of the molecule is CNC(=O)c1cc(Cl)cc(C)c1NC(=O)c1cc(Br)nn1-c1ncccc1Cl.Cc1ccc(CCNC(=O)CCC(=O)O)cc1. The second kappa shape index (κ2) is 16.7. The number of hydrogen-bond acceptors (Lipinski definition) is 6. The van der Waals surface area contributed by atoms with Gasteiger partial charge < -0.3 is 21.1 Å². The van der Waals surface area contributed by atoms with E-state index in [1.165, 1.54) is 29.4 Å². The van der Waals surface area contributed by atoms with Crippen LogP contribution in [0.5, 0.6) is 0 Å². The predicted octanol–water partition coefficient (Wildman–Crippen LogP) is 5.78. The lowest BCUT2D eigenvalue weighted by Crippen LogP contribution is -2.25. The van der Waals surface area contributed by atoms with E-state index in [1.54, 1.807) is 31.3 Å². The van der Waals surface area contributed by atoms with Gasteiger partial charge in [-0.3, -0.25) is 19.2 Å². The lowest BCUT2D eigenvalue weighted by Gasteiger charge is -2.14. The molecule has 4 rings (SSSR count). The Bertz CT molecular complexity index is 1690. The summed E-state index contributed by atoms with van der Waals surface area (Å²) in [6.45, 7) is 4.32. The van der Waals surface area contributed by atoms with Gasteiger partial charge in [-0.15, -0.1) is 0 Å². The first-order chi connectivity index (χ1) is 21.4. The normalized spacial score (nSPS) is 10.4. The number of anilines is 1. The van der Waals surface area contributed by atoms with E-state index in [4.69, 9.17) is 28.3 Å². The summed E-state index contributed by atoms with van der Waals surface area (Å²) < 4.78 is 1.76. The molecule has 2 heterocycles. The number of carbonyl (C=O) groups excluding carboxylic acids is 3. The summed E-state index contributed by atoms with van der Waals surface area (Å²) in [5, 5.41) is 21.4. The summed E-state index contributed by atoms with van der Waals surface area (Å²) in [6, 6.07) is 16.1. The molecule has 236 valence electrons. The Hall–Kier alpha value is -4.26. The summed E-state index contributed by atoms with van der Waals surface area (Å²) in [5.41, 5.74) is 3.80. The maximum absolute atomic E-state index is 13.0. The molecule has 2 aromatic heterocycles. The number of benzene rings is 2. The molecule has 3 amide bonds. The van der Waals surface area contributed by atoms with Crippen molar-refractivity contribution in [1.82, 2.24) is 25.4 Å². The molecule has 0 saturated heterocycles. The Labute approximate surface area is 278 Å². The fraction of sp³-hybridized carbons (Fsp3) is 0.226. The van der Waals surface area contributed by atoms with Gasteiger partial charge in [0.2, 0.25) is 5.91 Å². The molecule has 0 unspecified atom stereocenters. The number of aryl methyl sites for hydroxylation is 2. The van der Waals surface area contributed by atoms with Crippen molar-refractivity contribution < 1.29 is 24.3 Å². The Morgan fingerprint density at radius 2 is 1.69 bits per heavy atom. The first-order valence-corrected chi connectivity index (χ1v) is 15.2. The maximum atomic E-state index is 13.0. The van der Waals surface area contributed by atoms with Crippen LogP contribution in [0.3, 0.4) is 0 Å². The van der Waals surface area contributed by atoms with E-state index in [-0.39, 0.29) is 35.9 Å². The minimum atomic E-state index is -0.946. The van der Waals surface area contributed by atoms with Crippen LogP contribution in [0.15, 0.2) is 65.4 Å². The Kier molecular flexibility index (Phi) is 13.1. The van der Waals surface area contributed by atoms with Gasteiger partial charge in [0, 0.05) is 37.3 Å². The topological polar surface area (TPSA) is 155 Å². The number of nitrogens with zero attached hydrogens (tertiary/aromatic N) is 3. The largest absolute Gasteiger partial charge is 0.481 e. The first kappa shape index (κ1) is 35.2. The third-order valence-electron chi connectivity index (χ3n) is 6.28. The van der Waals surface area contributed by atoms with Gasteiger partial charge in [0.1, 0.15) is 10.3 Å². The number of carboxylic acid groups (broad SMARTS) is 1. The zero-order valence-electron chi connectivity index (χ0n) is 24.7. The Morgan fingerprint density at radius 1 is 0.978 bits per heavy atom. The molecule has 11 nitrogen and oxygen atoms in total. The molecule has 0 aliphatic carbocycles. The van der Waals surface area contributed by atoms with Gasteiger partial charge in [-0.2, -0.15) is 5.10 Å². The minimum absolute atomic E-state index is 0.0449. The van der Waals surface area contributed by atoms with Crippen molar-refractivity contribution in [2.75, 3.05) is 18.9 Å². The molecule has 0 spiro atoms. The molecule has 0 saturated carbocycles. The van der Waals surface area contributed by atoms with Crippen LogP contribution in [0.25, 0.3) is 5.82 Å². The average molecular weight is 718 g/mol. The van der Waals surface area contributed by atoms with Gasteiger partial charge in [-0.25, -0.2) is 9.67 Å². The summed E-state index contributed by atoms with van der Waals surface area (Å²) >= 11 is 15.5. The van der Waals surface area contributed by atoms with Crippen LogP contribution < -0.4 is 16.0 Å². The highest BCUT2D eigenvalue weighted by Gasteiger charge is 2.22. The smallest absolute Gasteiger partial charge is 0.303 e. The van der Waals surface area contributed by atoms with Crippen LogP contribution in [0.4, 0.5) is 5.69 Å². The van der Waals surface area contributed by atoms with Crippen molar-refractivity contribution >= 4 is 68.5 Å². The molecular weight excluding hydrogens is 687 g/mol. The zero-order chi connectivity index (χ0) is 33.1. The van der Waals surface area contributed by atoms with Crippen LogP contribution in [0.1, 0.15) is 50.4 Å². The van der Waals surface area contributed by atoms with E-state index in [0.29, 0.717) is 38.3 Å². The number of hydrogen-bond donors (Lipinski definition) is 4. The quantitative estimate of drug-likeness (QED) is 0.162. The van der Waals surface area contributed by atoms with Gasteiger partial charge >= 0.3 is 5.97 Å². The molecule has 0 fully saturated rings. The molecule has 0 aliphatic rings. The van der Waals surface area contributed by atoms with Crippen molar-refractivity contribution in [1.29, 1.82) is 0 Å². The van der Waals surface area contributed by atoms with Crippen molar-refractivity contribution in [3.05, 3.63) is 103 Å². The summed E-state index contributed by atoms with van der Waals surface area (Å²) in [4.78, 5) is 50.9. The van der Waals surface area contributed by atoms with Crippen molar-refractivity contribution in [3.63, 3.8) is 0 Å². The number of rotatable bonds is 10. The summed E-state index contributed by atoms with van der Waals surface area (Å²) in [6.07, 6.45) is 2.24. The molecule has 2 aromatic carbocycles. The standard InChI is InChI=1S/C18H14BrCl2N5O2.C13H17NO3/c1-9-6-10(20)7-11(17(27)22-2)15(9)24-18(28)13-8-14(19)25-26(13)16-12(21)4-3-5-23-16;1-10-2-4-11(5-3-10)8-9-14-12(15)6-7-13(16)17/h3-8H,1-2H3,(H,22,27)(H,24,28);2-5H,6-9H2,1H3,(H,14,15)(H,16,17). The molecule has 4 aromatic rings. The molecule has 0 aliphatic heterocycles.